The fourth-order valence-corrected chi connectivity index (χ4v) is 1.07. The van der Waals surface area contributed by atoms with Gasteiger partial charge in [-0.25, -0.2) is 4.79 Å². The maximum atomic E-state index is 11.2. The quantitative estimate of drug-likeness (QED) is 0.314. The van der Waals surface area contributed by atoms with E-state index in [0.717, 1.165) is 0 Å². The van der Waals surface area contributed by atoms with Gasteiger partial charge < -0.3 is 10.5 Å². The van der Waals surface area contributed by atoms with Crippen LogP contribution in [0.2, 0.25) is 0 Å². The molecule has 0 amide bonds. The summed E-state index contributed by atoms with van der Waals surface area (Å²) in [6.45, 7) is 0. The van der Waals surface area contributed by atoms with Crippen LogP contribution >= 0.6 is 0 Å². The number of nitrogen functional groups attached to an aromatic ring is 1. The molecule has 4 nitrogen and oxygen atoms in total. The first-order valence-electron chi connectivity index (χ1n) is 4.12. The summed E-state index contributed by atoms with van der Waals surface area (Å²) in [7, 11) is 1.27. The fraction of sp³-hybridized carbons (Fsp3) is 0.0909. The van der Waals surface area contributed by atoms with Gasteiger partial charge in [0.2, 0.25) is 0 Å². The molecule has 0 fully saturated rings. The fourth-order valence-electron chi connectivity index (χ4n) is 1.07. The molecule has 0 aliphatic carbocycles. The van der Waals surface area contributed by atoms with Crippen LogP contribution in [0.4, 0.5) is 5.69 Å². The minimum absolute atomic E-state index is 0.221. The lowest BCUT2D eigenvalue weighted by atomic mass is 10.1. The molecule has 2 N–H and O–H groups in total. The lowest BCUT2D eigenvalue weighted by molar-refractivity contribution is -0.103. The SMILES string of the molecule is COC(=O)c1cccc(C#CC=O)c1N. The Labute approximate surface area is 87.0 Å². The van der Waals surface area contributed by atoms with Crippen molar-refractivity contribution in [3.63, 3.8) is 0 Å². The van der Waals surface area contributed by atoms with Gasteiger partial charge in [0.15, 0.2) is 6.29 Å². The van der Waals surface area contributed by atoms with Crippen LogP contribution in [0.5, 0.6) is 0 Å². The van der Waals surface area contributed by atoms with Crippen LogP contribution in [-0.2, 0) is 9.53 Å². The van der Waals surface area contributed by atoms with E-state index in [1.165, 1.54) is 13.2 Å². The zero-order valence-corrected chi connectivity index (χ0v) is 8.11. The number of carbonyl (C=O) groups is 2. The Balaban J connectivity index is 3.22. The summed E-state index contributed by atoms with van der Waals surface area (Å²) in [6, 6.07) is 4.78. The summed E-state index contributed by atoms with van der Waals surface area (Å²) in [5.74, 6) is 4.23. The second-order valence-corrected chi connectivity index (χ2v) is 2.65. The molecule has 0 aliphatic rings. The molecular weight excluding hydrogens is 194 g/mol. The van der Waals surface area contributed by atoms with Crippen LogP contribution in [0.25, 0.3) is 0 Å². The van der Waals surface area contributed by atoms with Gasteiger partial charge in [0, 0.05) is 5.56 Å². The molecule has 0 heterocycles. The van der Waals surface area contributed by atoms with E-state index >= 15 is 0 Å². The van der Waals surface area contributed by atoms with Crippen molar-refractivity contribution in [2.24, 2.45) is 0 Å². The second-order valence-electron chi connectivity index (χ2n) is 2.65. The van der Waals surface area contributed by atoms with Crippen LogP contribution in [-0.4, -0.2) is 19.4 Å². The molecule has 0 spiro atoms. The minimum atomic E-state index is -0.526. The monoisotopic (exact) mass is 203 g/mol. The van der Waals surface area contributed by atoms with E-state index in [1.807, 2.05) is 0 Å². The molecule has 0 radical (unpaired) electrons. The number of hydrogen-bond acceptors (Lipinski definition) is 4. The molecule has 0 bridgehead atoms. The predicted octanol–water partition coefficient (Wildman–Crippen LogP) is 0.606. The average molecular weight is 203 g/mol. The molecule has 0 aromatic heterocycles. The number of hydrogen-bond donors (Lipinski definition) is 1. The van der Waals surface area contributed by atoms with Crippen LogP contribution in [0, 0.1) is 11.8 Å². The van der Waals surface area contributed by atoms with Crippen molar-refractivity contribution in [3.8, 4) is 11.8 Å². The van der Waals surface area contributed by atoms with E-state index in [0.29, 0.717) is 11.8 Å². The standard InChI is InChI=1S/C11H9NO3/c1-15-11(14)9-6-2-4-8(10(9)12)5-3-7-13/h2,4,6-7H,12H2,1H3. The highest BCUT2D eigenvalue weighted by atomic mass is 16.5. The van der Waals surface area contributed by atoms with Gasteiger partial charge >= 0.3 is 5.97 Å². The number of carbonyl (C=O) groups excluding carboxylic acids is 2. The highest BCUT2D eigenvalue weighted by molar-refractivity contribution is 5.96. The molecule has 0 saturated heterocycles. The Morgan fingerprint density at radius 3 is 2.87 bits per heavy atom. The first-order chi connectivity index (χ1) is 7.20. The number of methoxy groups -OCH3 is 1. The van der Waals surface area contributed by atoms with Gasteiger partial charge in [-0.1, -0.05) is 12.0 Å². The normalized spacial score (nSPS) is 8.60. The van der Waals surface area contributed by atoms with E-state index in [1.54, 1.807) is 12.1 Å². The highest BCUT2D eigenvalue weighted by Crippen LogP contribution is 2.17. The maximum Gasteiger partial charge on any atom is 0.339 e. The van der Waals surface area contributed by atoms with E-state index in [2.05, 4.69) is 16.6 Å². The van der Waals surface area contributed by atoms with Crippen molar-refractivity contribution in [3.05, 3.63) is 29.3 Å². The number of nitrogens with two attached hydrogens (primary N) is 1. The lowest BCUT2D eigenvalue weighted by Gasteiger charge is -2.04. The third-order valence-electron chi connectivity index (χ3n) is 1.78. The number of benzene rings is 1. The molecule has 76 valence electrons. The Bertz CT molecular complexity index is 455. The molecular formula is C11H9NO3. The van der Waals surface area contributed by atoms with Crippen LogP contribution in [0.15, 0.2) is 18.2 Å². The summed E-state index contributed by atoms with van der Waals surface area (Å²) in [5, 5.41) is 0. The Morgan fingerprint density at radius 2 is 2.27 bits per heavy atom. The first-order valence-corrected chi connectivity index (χ1v) is 4.12. The minimum Gasteiger partial charge on any atom is -0.465 e. The van der Waals surface area contributed by atoms with Gasteiger partial charge in [-0.05, 0) is 18.1 Å². The molecule has 15 heavy (non-hydrogen) atoms. The average Bonchev–Trinajstić information content (AvgIpc) is 2.27. The number of para-hydroxylation sites is 1. The van der Waals surface area contributed by atoms with Crippen molar-refractivity contribution in [1.82, 2.24) is 0 Å². The van der Waals surface area contributed by atoms with Gasteiger partial charge in [0.25, 0.3) is 0 Å². The molecule has 1 aromatic rings. The largest absolute Gasteiger partial charge is 0.465 e. The Hall–Kier alpha value is -2.28. The Kier molecular flexibility index (Phi) is 3.47. The number of aldehydes is 1. The van der Waals surface area contributed by atoms with E-state index in [4.69, 9.17) is 5.73 Å². The van der Waals surface area contributed by atoms with Gasteiger partial charge in [0.1, 0.15) is 0 Å². The third kappa shape index (κ3) is 2.35. The smallest absolute Gasteiger partial charge is 0.339 e. The van der Waals surface area contributed by atoms with Crippen molar-refractivity contribution in [2.45, 2.75) is 0 Å². The lowest BCUT2D eigenvalue weighted by Crippen LogP contribution is -2.06. The molecule has 0 atom stereocenters. The first kappa shape index (κ1) is 10.8. The summed E-state index contributed by atoms with van der Waals surface area (Å²) < 4.78 is 4.54. The van der Waals surface area contributed by atoms with E-state index in [9.17, 15) is 9.59 Å². The predicted molar refractivity (Wildman–Crippen MR) is 55.1 cm³/mol. The molecule has 0 aliphatic heterocycles. The number of ether oxygens (including phenoxy) is 1. The van der Waals surface area contributed by atoms with Gasteiger partial charge in [-0.15, -0.1) is 0 Å². The topological polar surface area (TPSA) is 69.4 Å². The van der Waals surface area contributed by atoms with E-state index < -0.39 is 5.97 Å². The molecule has 0 saturated carbocycles. The van der Waals surface area contributed by atoms with Crippen LogP contribution < -0.4 is 5.73 Å². The van der Waals surface area contributed by atoms with Crippen molar-refractivity contribution in [2.75, 3.05) is 12.8 Å². The molecule has 0 unspecified atom stereocenters. The van der Waals surface area contributed by atoms with Crippen LogP contribution in [0.1, 0.15) is 15.9 Å². The van der Waals surface area contributed by atoms with Crippen molar-refractivity contribution < 1.29 is 14.3 Å². The number of esters is 1. The van der Waals surface area contributed by atoms with E-state index in [-0.39, 0.29) is 11.3 Å². The number of rotatable bonds is 1. The van der Waals surface area contributed by atoms with Crippen molar-refractivity contribution in [1.29, 1.82) is 0 Å². The summed E-state index contributed by atoms with van der Waals surface area (Å²) in [4.78, 5) is 21.3. The highest BCUT2D eigenvalue weighted by Gasteiger charge is 2.11. The third-order valence-corrected chi connectivity index (χ3v) is 1.78. The van der Waals surface area contributed by atoms with Crippen LogP contribution in [0.3, 0.4) is 0 Å². The molecule has 1 rings (SSSR count). The summed E-state index contributed by atoms with van der Waals surface area (Å²) in [5.41, 5.74) is 6.58. The van der Waals surface area contributed by atoms with Gasteiger partial charge in [0.05, 0.1) is 18.4 Å². The number of anilines is 1. The maximum absolute atomic E-state index is 11.2. The van der Waals surface area contributed by atoms with Gasteiger partial charge in [-0.3, -0.25) is 4.79 Å². The summed E-state index contributed by atoms with van der Waals surface area (Å²) >= 11 is 0. The molecule has 4 heteroatoms. The zero-order chi connectivity index (χ0) is 11.3. The zero-order valence-electron chi connectivity index (χ0n) is 8.11. The Morgan fingerprint density at radius 1 is 1.53 bits per heavy atom. The van der Waals surface area contributed by atoms with Crippen molar-refractivity contribution >= 4 is 17.9 Å². The molecule has 1 aromatic carbocycles. The van der Waals surface area contributed by atoms with Gasteiger partial charge in [-0.2, -0.15) is 0 Å². The summed E-state index contributed by atoms with van der Waals surface area (Å²) in [6.07, 6.45) is 0.463. The second kappa shape index (κ2) is 4.82.